The molecule has 4 rings (SSSR count). The number of carboxylic acid groups (broad SMARTS) is 1. The molecule has 33 heavy (non-hydrogen) atoms. The van der Waals surface area contributed by atoms with Gasteiger partial charge in [-0.1, -0.05) is 23.6 Å². The van der Waals surface area contributed by atoms with Gasteiger partial charge in [-0.2, -0.15) is 5.26 Å². The summed E-state index contributed by atoms with van der Waals surface area (Å²) in [5.41, 5.74) is 0.546. The van der Waals surface area contributed by atoms with E-state index in [4.69, 9.17) is 22.8 Å². The fraction of sp³-hybridized carbons (Fsp3) is 0.333. The van der Waals surface area contributed by atoms with Crippen LogP contribution in [0.15, 0.2) is 35.2 Å². The maximum atomic E-state index is 13.4. The van der Waals surface area contributed by atoms with Crippen molar-refractivity contribution >= 4 is 33.3 Å². The molecule has 2 N–H and O–H groups in total. The second kappa shape index (κ2) is 8.97. The van der Waals surface area contributed by atoms with Crippen molar-refractivity contribution in [2.75, 3.05) is 4.72 Å². The van der Waals surface area contributed by atoms with Gasteiger partial charge < -0.3 is 9.84 Å². The number of halogens is 1. The minimum absolute atomic E-state index is 0.0427. The van der Waals surface area contributed by atoms with Gasteiger partial charge in [-0.15, -0.1) is 6.42 Å². The van der Waals surface area contributed by atoms with Gasteiger partial charge >= 0.3 is 5.97 Å². The first-order chi connectivity index (χ1) is 15.7. The molecule has 0 heterocycles. The fourth-order valence-electron chi connectivity index (χ4n) is 4.07. The second-order valence-electron chi connectivity index (χ2n) is 8.24. The maximum Gasteiger partial charge on any atom is 0.335 e. The Morgan fingerprint density at radius 2 is 1.97 bits per heavy atom. The summed E-state index contributed by atoms with van der Waals surface area (Å²) in [6.07, 6.45) is 9.36. The van der Waals surface area contributed by atoms with Crippen molar-refractivity contribution in [2.45, 2.75) is 49.0 Å². The summed E-state index contributed by atoms with van der Waals surface area (Å²) in [5.74, 6) is 1.59. The van der Waals surface area contributed by atoms with Gasteiger partial charge in [0.15, 0.2) is 0 Å². The molecule has 2 atom stereocenters. The van der Waals surface area contributed by atoms with Crippen LogP contribution >= 0.6 is 11.6 Å². The highest BCUT2D eigenvalue weighted by atomic mass is 35.5. The quantitative estimate of drug-likeness (QED) is 0.547. The lowest BCUT2D eigenvalue weighted by molar-refractivity contribution is 0.0696. The molecule has 2 saturated carbocycles. The maximum absolute atomic E-state index is 13.4. The van der Waals surface area contributed by atoms with Crippen LogP contribution in [0.25, 0.3) is 0 Å². The minimum atomic E-state index is -4.20. The molecule has 170 valence electrons. The Morgan fingerprint density at radius 1 is 1.21 bits per heavy atom. The Hall–Kier alpha value is -3.20. The summed E-state index contributed by atoms with van der Waals surface area (Å²) < 4.78 is 35.4. The molecule has 0 spiro atoms. The van der Waals surface area contributed by atoms with Crippen LogP contribution in [0.1, 0.15) is 59.5 Å². The zero-order valence-electron chi connectivity index (χ0n) is 17.5. The van der Waals surface area contributed by atoms with Crippen molar-refractivity contribution in [1.82, 2.24) is 0 Å². The lowest BCUT2D eigenvalue weighted by atomic mass is 10.1. The zero-order valence-corrected chi connectivity index (χ0v) is 19.1. The van der Waals surface area contributed by atoms with Crippen molar-refractivity contribution in [2.24, 2.45) is 5.92 Å². The number of hydrogen-bond donors (Lipinski definition) is 2. The standard InChI is InChI=1S/C24H21ClN2O5S/c1-2-14-4-3-5-21(14)32-22-12-19(25)17(13-26)10-20(22)27-33(30,31)23-11-16(24(28)29)8-9-18(23)15-6-7-15/h1,8-12,14-15,21,27H,3-7H2,(H,28,29)/t14-,21-/m1/s1. The molecule has 0 unspecified atom stereocenters. The molecule has 7 nitrogen and oxygen atoms in total. The van der Waals surface area contributed by atoms with Crippen LogP contribution < -0.4 is 9.46 Å². The number of carbonyl (C=O) groups is 1. The average molecular weight is 485 g/mol. The van der Waals surface area contributed by atoms with E-state index < -0.39 is 16.0 Å². The summed E-state index contributed by atoms with van der Waals surface area (Å²) in [6, 6.07) is 8.76. The first kappa shape index (κ1) is 23.0. The number of carboxylic acids is 1. The summed E-state index contributed by atoms with van der Waals surface area (Å²) in [4.78, 5) is 11.4. The summed E-state index contributed by atoms with van der Waals surface area (Å²) in [7, 11) is -4.20. The number of benzene rings is 2. The molecule has 0 saturated heterocycles. The number of aromatic carboxylic acids is 1. The molecule has 0 aromatic heterocycles. The number of nitrogens with one attached hydrogen (secondary N) is 1. The molecule has 0 radical (unpaired) electrons. The highest BCUT2D eigenvalue weighted by Crippen LogP contribution is 2.44. The molecule has 2 aromatic carbocycles. The van der Waals surface area contributed by atoms with Crippen LogP contribution in [0.5, 0.6) is 5.75 Å². The number of ether oxygens (including phenoxy) is 1. The number of nitriles is 1. The predicted octanol–water partition coefficient (Wildman–Crippen LogP) is 4.77. The van der Waals surface area contributed by atoms with Gasteiger partial charge in [-0.25, -0.2) is 13.2 Å². The van der Waals surface area contributed by atoms with E-state index in [0.29, 0.717) is 12.0 Å². The van der Waals surface area contributed by atoms with E-state index in [0.717, 1.165) is 31.7 Å². The van der Waals surface area contributed by atoms with Gasteiger partial charge in [0, 0.05) is 6.07 Å². The monoisotopic (exact) mass is 484 g/mol. The van der Waals surface area contributed by atoms with E-state index >= 15 is 0 Å². The highest BCUT2D eigenvalue weighted by molar-refractivity contribution is 7.92. The van der Waals surface area contributed by atoms with Crippen molar-refractivity contribution in [3.8, 4) is 24.2 Å². The van der Waals surface area contributed by atoms with Gasteiger partial charge in [0.1, 0.15) is 17.9 Å². The number of sulfonamides is 1. The number of rotatable bonds is 7. The Balaban J connectivity index is 1.75. The van der Waals surface area contributed by atoms with Gasteiger partial charge in [-0.3, -0.25) is 4.72 Å². The normalized spacial score (nSPS) is 20.0. The molecule has 0 bridgehead atoms. The molecule has 2 fully saturated rings. The number of nitrogens with zero attached hydrogens (tertiary/aromatic N) is 1. The van der Waals surface area contributed by atoms with E-state index in [-0.39, 0.29) is 50.4 Å². The Labute approximate surface area is 197 Å². The molecule has 0 aliphatic heterocycles. The first-order valence-corrected chi connectivity index (χ1v) is 12.4. The molecule has 2 aliphatic carbocycles. The first-order valence-electron chi connectivity index (χ1n) is 10.5. The largest absolute Gasteiger partial charge is 0.487 e. The number of anilines is 1. The van der Waals surface area contributed by atoms with Crippen LogP contribution in [0.3, 0.4) is 0 Å². The second-order valence-corrected chi connectivity index (χ2v) is 10.3. The molecule has 0 amide bonds. The predicted molar refractivity (Wildman–Crippen MR) is 123 cm³/mol. The van der Waals surface area contributed by atoms with E-state index in [1.807, 2.05) is 6.07 Å². The van der Waals surface area contributed by atoms with E-state index in [2.05, 4.69) is 10.6 Å². The minimum Gasteiger partial charge on any atom is -0.487 e. The molecule has 2 aliphatic rings. The van der Waals surface area contributed by atoms with Crippen LogP contribution in [0.2, 0.25) is 5.02 Å². The van der Waals surface area contributed by atoms with E-state index in [9.17, 15) is 23.6 Å². The third-order valence-corrected chi connectivity index (χ3v) is 7.68. The van der Waals surface area contributed by atoms with Crippen LogP contribution in [-0.2, 0) is 10.0 Å². The van der Waals surface area contributed by atoms with Crippen LogP contribution in [0.4, 0.5) is 5.69 Å². The third kappa shape index (κ3) is 4.78. The van der Waals surface area contributed by atoms with Crippen LogP contribution in [0, 0.1) is 29.6 Å². The SMILES string of the molecule is C#C[C@@H]1CCC[C@H]1Oc1cc(Cl)c(C#N)cc1NS(=O)(=O)c1cc(C(=O)O)ccc1C1CC1. The zero-order chi connectivity index (χ0) is 23.8. The van der Waals surface area contributed by atoms with Crippen molar-refractivity contribution in [3.05, 3.63) is 52.0 Å². The molecule has 9 heteroatoms. The van der Waals surface area contributed by atoms with Gasteiger partial charge in [0.2, 0.25) is 0 Å². The number of terminal acetylenes is 1. The van der Waals surface area contributed by atoms with E-state index in [1.165, 1.54) is 18.2 Å². The summed E-state index contributed by atoms with van der Waals surface area (Å²) in [5, 5.41) is 18.9. The van der Waals surface area contributed by atoms with Crippen molar-refractivity contribution in [1.29, 1.82) is 5.26 Å². The van der Waals surface area contributed by atoms with Gasteiger partial charge in [0.25, 0.3) is 10.0 Å². The molecule has 2 aromatic rings. The highest BCUT2D eigenvalue weighted by Gasteiger charge is 2.33. The fourth-order valence-corrected chi connectivity index (χ4v) is 5.65. The Bertz CT molecular complexity index is 1310. The van der Waals surface area contributed by atoms with Crippen LogP contribution in [-0.4, -0.2) is 25.6 Å². The van der Waals surface area contributed by atoms with Gasteiger partial charge in [-0.05, 0) is 61.8 Å². The van der Waals surface area contributed by atoms with E-state index in [1.54, 1.807) is 6.07 Å². The lowest BCUT2D eigenvalue weighted by Gasteiger charge is -2.21. The van der Waals surface area contributed by atoms with Crippen molar-refractivity contribution in [3.63, 3.8) is 0 Å². The molecular weight excluding hydrogens is 464 g/mol. The molecular formula is C24H21ClN2O5S. The topological polar surface area (TPSA) is 116 Å². The average Bonchev–Trinajstić information content (AvgIpc) is 3.53. The Kier molecular flexibility index (Phi) is 6.25. The lowest BCUT2D eigenvalue weighted by Crippen LogP contribution is -2.22. The summed E-state index contributed by atoms with van der Waals surface area (Å²) in [6.45, 7) is 0. The third-order valence-electron chi connectivity index (χ3n) is 5.95. The van der Waals surface area contributed by atoms with Gasteiger partial charge in [0.05, 0.1) is 32.7 Å². The number of hydrogen-bond acceptors (Lipinski definition) is 5. The summed E-state index contributed by atoms with van der Waals surface area (Å²) >= 11 is 6.19. The smallest absolute Gasteiger partial charge is 0.335 e. The van der Waals surface area contributed by atoms with Crippen molar-refractivity contribution < 1.29 is 23.1 Å². The Morgan fingerprint density at radius 3 is 2.61 bits per heavy atom.